The second kappa shape index (κ2) is 5.68. The molecule has 2 nitrogen and oxygen atoms in total. The highest BCUT2D eigenvalue weighted by molar-refractivity contribution is 7.99. The molecule has 1 aromatic carbocycles. The lowest BCUT2D eigenvalue weighted by Gasteiger charge is -2.03. The highest BCUT2D eigenvalue weighted by atomic mass is 32.2. The number of aryl methyl sites for hydroxylation is 1. The molecule has 0 saturated heterocycles. The van der Waals surface area contributed by atoms with Gasteiger partial charge in [0.2, 0.25) is 0 Å². The number of anilines is 1. The summed E-state index contributed by atoms with van der Waals surface area (Å²) in [6.07, 6.45) is 4.49. The van der Waals surface area contributed by atoms with Gasteiger partial charge < -0.3 is 5.73 Å². The van der Waals surface area contributed by atoms with Crippen LogP contribution in [0.25, 0.3) is 0 Å². The Hall–Kier alpha value is -1.55. The van der Waals surface area contributed by atoms with Crippen LogP contribution in [0.4, 0.5) is 10.1 Å². The Labute approximate surface area is 104 Å². The molecule has 0 aliphatic heterocycles. The van der Waals surface area contributed by atoms with Gasteiger partial charge in [-0.05, 0) is 42.3 Å². The Kier molecular flexibility index (Phi) is 3.98. The smallest absolute Gasteiger partial charge is 0.126 e. The molecule has 17 heavy (non-hydrogen) atoms. The number of thioether (sulfide) groups is 1. The van der Waals surface area contributed by atoms with Crippen molar-refractivity contribution in [2.75, 3.05) is 11.5 Å². The average molecular weight is 248 g/mol. The molecule has 0 atom stereocenters. The number of benzene rings is 1. The van der Waals surface area contributed by atoms with Crippen molar-refractivity contribution in [1.29, 1.82) is 0 Å². The van der Waals surface area contributed by atoms with E-state index in [0.717, 1.165) is 17.1 Å². The van der Waals surface area contributed by atoms with Crippen molar-refractivity contribution in [2.24, 2.45) is 0 Å². The van der Waals surface area contributed by atoms with E-state index in [0.29, 0.717) is 5.69 Å². The number of aromatic nitrogens is 1. The average Bonchev–Trinajstić information content (AvgIpc) is 2.29. The predicted octanol–water partition coefficient (Wildman–Crippen LogP) is 3.14. The second-order valence-corrected chi connectivity index (χ2v) is 4.84. The molecule has 4 heteroatoms. The van der Waals surface area contributed by atoms with Crippen LogP contribution in [0.1, 0.15) is 5.56 Å². The van der Waals surface area contributed by atoms with E-state index in [1.165, 1.54) is 17.7 Å². The third kappa shape index (κ3) is 3.75. The van der Waals surface area contributed by atoms with Crippen molar-refractivity contribution in [2.45, 2.75) is 11.3 Å². The molecule has 2 rings (SSSR count). The number of nitrogen functional groups attached to an aromatic ring is 1. The summed E-state index contributed by atoms with van der Waals surface area (Å²) in [5.74, 6) is 0.615. The van der Waals surface area contributed by atoms with Gasteiger partial charge in [-0.15, -0.1) is 11.8 Å². The standard InChI is InChI=1S/C13H13FN2S/c14-11-7-12(15)9-13(8-11)17-6-3-10-1-4-16-5-2-10/h1-2,4-5,7-9H,3,6,15H2. The zero-order valence-corrected chi connectivity index (χ0v) is 10.1. The van der Waals surface area contributed by atoms with Crippen LogP contribution in [0.5, 0.6) is 0 Å². The fourth-order valence-corrected chi connectivity index (χ4v) is 2.49. The van der Waals surface area contributed by atoms with Crippen molar-refractivity contribution in [3.63, 3.8) is 0 Å². The van der Waals surface area contributed by atoms with Crippen LogP contribution in [-0.2, 0) is 6.42 Å². The van der Waals surface area contributed by atoms with Crippen LogP contribution in [0.2, 0.25) is 0 Å². The second-order valence-electron chi connectivity index (χ2n) is 3.67. The zero-order chi connectivity index (χ0) is 12.1. The summed E-state index contributed by atoms with van der Waals surface area (Å²) in [6.45, 7) is 0. The van der Waals surface area contributed by atoms with Crippen LogP contribution in [0, 0.1) is 5.82 Å². The van der Waals surface area contributed by atoms with E-state index in [1.54, 1.807) is 30.2 Å². The first-order valence-corrected chi connectivity index (χ1v) is 6.30. The first-order valence-electron chi connectivity index (χ1n) is 5.32. The number of nitrogens with two attached hydrogens (primary N) is 1. The SMILES string of the molecule is Nc1cc(F)cc(SCCc2ccncc2)c1. The van der Waals surface area contributed by atoms with Gasteiger partial charge in [0, 0.05) is 28.7 Å². The number of nitrogens with zero attached hydrogens (tertiary/aromatic N) is 1. The van der Waals surface area contributed by atoms with Gasteiger partial charge in [-0.25, -0.2) is 4.39 Å². The molecule has 0 aliphatic carbocycles. The minimum atomic E-state index is -0.281. The summed E-state index contributed by atoms with van der Waals surface area (Å²) in [5.41, 5.74) is 7.28. The van der Waals surface area contributed by atoms with Crippen LogP contribution in [0.3, 0.4) is 0 Å². The van der Waals surface area contributed by atoms with Crippen molar-refractivity contribution in [3.8, 4) is 0 Å². The number of pyridine rings is 1. The third-order valence-corrected chi connectivity index (χ3v) is 3.28. The Balaban J connectivity index is 1.90. The van der Waals surface area contributed by atoms with E-state index < -0.39 is 0 Å². The minimum Gasteiger partial charge on any atom is -0.399 e. The number of hydrogen-bond donors (Lipinski definition) is 1. The van der Waals surface area contributed by atoms with Crippen LogP contribution in [-0.4, -0.2) is 10.7 Å². The van der Waals surface area contributed by atoms with Crippen LogP contribution < -0.4 is 5.73 Å². The summed E-state index contributed by atoms with van der Waals surface area (Å²) in [7, 11) is 0. The van der Waals surface area contributed by atoms with Gasteiger partial charge in [-0.2, -0.15) is 0 Å². The minimum absolute atomic E-state index is 0.281. The van der Waals surface area contributed by atoms with E-state index >= 15 is 0 Å². The maximum Gasteiger partial charge on any atom is 0.126 e. The molecule has 0 bridgehead atoms. The zero-order valence-electron chi connectivity index (χ0n) is 9.27. The van der Waals surface area contributed by atoms with E-state index in [2.05, 4.69) is 4.98 Å². The molecule has 2 N–H and O–H groups in total. The molecule has 0 aliphatic rings. The Bertz CT molecular complexity index is 468. The summed E-state index contributed by atoms with van der Waals surface area (Å²) in [4.78, 5) is 4.83. The summed E-state index contributed by atoms with van der Waals surface area (Å²) in [5, 5.41) is 0. The largest absolute Gasteiger partial charge is 0.399 e. The van der Waals surface area contributed by atoms with Gasteiger partial charge in [-0.3, -0.25) is 4.98 Å². The van der Waals surface area contributed by atoms with Crippen molar-refractivity contribution in [3.05, 3.63) is 54.1 Å². The maximum absolute atomic E-state index is 13.1. The summed E-state index contributed by atoms with van der Waals surface area (Å²) >= 11 is 1.60. The van der Waals surface area contributed by atoms with E-state index in [4.69, 9.17) is 5.73 Å². The third-order valence-electron chi connectivity index (χ3n) is 2.30. The van der Waals surface area contributed by atoms with Gasteiger partial charge in [0.15, 0.2) is 0 Å². The molecule has 0 unspecified atom stereocenters. The van der Waals surface area contributed by atoms with Crippen molar-refractivity contribution in [1.82, 2.24) is 4.98 Å². The number of rotatable bonds is 4. The quantitative estimate of drug-likeness (QED) is 0.667. The lowest BCUT2D eigenvalue weighted by atomic mass is 10.2. The molecule has 0 fully saturated rings. The molecule has 0 saturated carbocycles. The van der Waals surface area contributed by atoms with E-state index in [-0.39, 0.29) is 5.82 Å². The molecule has 0 amide bonds. The lowest BCUT2D eigenvalue weighted by molar-refractivity contribution is 0.625. The Morgan fingerprint density at radius 3 is 2.65 bits per heavy atom. The van der Waals surface area contributed by atoms with Crippen LogP contribution >= 0.6 is 11.8 Å². The molecular weight excluding hydrogens is 235 g/mol. The fourth-order valence-electron chi connectivity index (χ4n) is 1.50. The molecule has 1 heterocycles. The van der Waals surface area contributed by atoms with Gasteiger partial charge in [0.05, 0.1) is 0 Å². The van der Waals surface area contributed by atoms with Crippen molar-refractivity contribution < 1.29 is 4.39 Å². The summed E-state index contributed by atoms with van der Waals surface area (Å²) < 4.78 is 13.1. The lowest BCUT2D eigenvalue weighted by Crippen LogP contribution is -1.91. The van der Waals surface area contributed by atoms with Gasteiger partial charge in [0.1, 0.15) is 5.82 Å². The topological polar surface area (TPSA) is 38.9 Å². The van der Waals surface area contributed by atoms with E-state index in [9.17, 15) is 4.39 Å². The molecule has 88 valence electrons. The Morgan fingerprint density at radius 1 is 1.18 bits per heavy atom. The maximum atomic E-state index is 13.1. The molecule has 2 aromatic rings. The van der Waals surface area contributed by atoms with Crippen molar-refractivity contribution >= 4 is 17.4 Å². The molecule has 1 aromatic heterocycles. The van der Waals surface area contributed by atoms with Gasteiger partial charge >= 0.3 is 0 Å². The van der Waals surface area contributed by atoms with Gasteiger partial charge in [-0.1, -0.05) is 0 Å². The molecule has 0 radical (unpaired) electrons. The first kappa shape index (κ1) is 11.9. The number of hydrogen-bond acceptors (Lipinski definition) is 3. The highest BCUT2D eigenvalue weighted by Crippen LogP contribution is 2.22. The first-order chi connectivity index (χ1) is 8.24. The number of halogens is 1. The highest BCUT2D eigenvalue weighted by Gasteiger charge is 2.00. The van der Waals surface area contributed by atoms with E-state index in [1.807, 2.05) is 12.1 Å². The monoisotopic (exact) mass is 248 g/mol. The van der Waals surface area contributed by atoms with Gasteiger partial charge in [0.25, 0.3) is 0 Å². The normalized spacial score (nSPS) is 10.4. The fraction of sp³-hybridized carbons (Fsp3) is 0.154. The Morgan fingerprint density at radius 2 is 1.94 bits per heavy atom. The molecular formula is C13H13FN2S. The predicted molar refractivity (Wildman–Crippen MR) is 69.5 cm³/mol. The molecule has 0 spiro atoms. The van der Waals surface area contributed by atoms with Crippen LogP contribution in [0.15, 0.2) is 47.6 Å². The summed E-state index contributed by atoms with van der Waals surface area (Å²) in [6, 6.07) is 8.60.